The van der Waals surface area contributed by atoms with Crippen molar-refractivity contribution in [3.63, 3.8) is 0 Å². The summed E-state index contributed by atoms with van der Waals surface area (Å²) >= 11 is 5.88. The Kier molecular flexibility index (Phi) is 9.82. The average Bonchev–Trinajstić information content (AvgIpc) is 2.53. The second-order valence-electron chi connectivity index (χ2n) is 5.38. The third kappa shape index (κ3) is 7.15. The maximum Gasteiger partial charge on any atom is 0.191 e. The van der Waals surface area contributed by atoms with Gasteiger partial charge in [0.25, 0.3) is 0 Å². The molecule has 0 radical (unpaired) electrons. The molecule has 1 heterocycles. The number of likely N-dealkylation sites (tertiary alicyclic amines) is 1. The van der Waals surface area contributed by atoms with Crippen LogP contribution in [0, 0.1) is 0 Å². The number of aliphatic imine (C=N–C) groups is 1. The molecule has 1 aromatic carbocycles. The molecule has 124 valence electrons. The Labute approximate surface area is 155 Å². The fourth-order valence-corrected chi connectivity index (χ4v) is 2.65. The predicted molar refractivity (Wildman–Crippen MR) is 105 cm³/mol. The van der Waals surface area contributed by atoms with Crippen LogP contribution in [0.3, 0.4) is 0 Å². The predicted octanol–water partition coefficient (Wildman–Crippen LogP) is 3.11. The summed E-state index contributed by atoms with van der Waals surface area (Å²) in [7, 11) is 1.80. The Hall–Kier alpha value is -0.530. The van der Waals surface area contributed by atoms with Crippen LogP contribution in [-0.2, 0) is 6.54 Å². The van der Waals surface area contributed by atoms with Crippen molar-refractivity contribution in [2.24, 2.45) is 4.99 Å². The average molecular weight is 437 g/mol. The van der Waals surface area contributed by atoms with Gasteiger partial charge in [0.15, 0.2) is 5.96 Å². The first kappa shape index (κ1) is 19.5. The van der Waals surface area contributed by atoms with Crippen molar-refractivity contribution in [1.29, 1.82) is 0 Å². The lowest BCUT2D eigenvalue weighted by Gasteiger charge is -2.26. The zero-order chi connectivity index (χ0) is 14.9. The van der Waals surface area contributed by atoms with Gasteiger partial charge in [0.2, 0.25) is 0 Å². The highest BCUT2D eigenvalue weighted by molar-refractivity contribution is 14.0. The van der Waals surface area contributed by atoms with E-state index in [4.69, 9.17) is 11.6 Å². The quantitative estimate of drug-likeness (QED) is 0.423. The van der Waals surface area contributed by atoms with Crippen LogP contribution in [0.15, 0.2) is 29.3 Å². The molecule has 0 unspecified atom stereocenters. The van der Waals surface area contributed by atoms with Gasteiger partial charge in [0.05, 0.1) is 0 Å². The standard InChI is InChI=1S/C16H25ClN4.HI/c1-18-16(19-9-12-21-10-3-2-4-11-21)20-13-14-5-7-15(17)8-6-14;/h5-8H,2-4,9-13H2,1H3,(H2,18,19,20);1H. The number of nitrogens with one attached hydrogen (secondary N) is 2. The maximum absolute atomic E-state index is 5.88. The highest BCUT2D eigenvalue weighted by atomic mass is 127. The molecule has 2 N–H and O–H groups in total. The fraction of sp³-hybridized carbons (Fsp3) is 0.562. The first-order chi connectivity index (χ1) is 10.3. The molecule has 22 heavy (non-hydrogen) atoms. The van der Waals surface area contributed by atoms with Gasteiger partial charge in [-0.05, 0) is 43.6 Å². The summed E-state index contributed by atoms with van der Waals surface area (Å²) in [6.45, 7) is 5.24. The number of guanidine groups is 1. The van der Waals surface area contributed by atoms with Gasteiger partial charge >= 0.3 is 0 Å². The van der Waals surface area contributed by atoms with Crippen LogP contribution < -0.4 is 10.6 Å². The Balaban J connectivity index is 0.00000242. The van der Waals surface area contributed by atoms with E-state index >= 15 is 0 Å². The van der Waals surface area contributed by atoms with Crippen molar-refractivity contribution in [2.75, 3.05) is 33.2 Å². The number of halogens is 2. The van der Waals surface area contributed by atoms with Gasteiger partial charge in [0.1, 0.15) is 0 Å². The minimum Gasteiger partial charge on any atom is -0.355 e. The molecule has 0 spiro atoms. The molecular formula is C16H26ClIN4. The number of hydrogen-bond donors (Lipinski definition) is 2. The van der Waals surface area contributed by atoms with Gasteiger partial charge in [-0.2, -0.15) is 0 Å². The molecule has 0 aliphatic carbocycles. The van der Waals surface area contributed by atoms with E-state index in [-0.39, 0.29) is 24.0 Å². The van der Waals surface area contributed by atoms with Crippen molar-refractivity contribution in [3.05, 3.63) is 34.9 Å². The summed E-state index contributed by atoms with van der Waals surface area (Å²) in [6, 6.07) is 7.86. The molecule has 2 rings (SSSR count). The summed E-state index contributed by atoms with van der Waals surface area (Å²) in [4.78, 5) is 6.77. The van der Waals surface area contributed by atoms with Gasteiger partial charge in [-0.1, -0.05) is 30.2 Å². The van der Waals surface area contributed by atoms with Crippen LogP contribution in [0.4, 0.5) is 0 Å². The van der Waals surface area contributed by atoms with E-state index < -0.39 is 0 Å². The summed E-state index contributed by atoms with van der Waals surface area (Å²) < 4.78 is 0. The highest BCUT2D eigenvalue weighted by Gasteiger charge is 2.09. The first-order valence-corrected chi connectivity index (χ1v) is 8.07. The summed E-state index contributed by atoms with van der Waals surface area (Å²) in [6.07, 6.45) is 4.06. The number of benzene rings is 1. The van der Waals surface area contributed by atoms with Crippen molar-refractivity contribution in [3.8, 4) is 0 Å². The fourth-order valence-electron chi connectivity index (χ4n) is 2.52. The van der Waals surface area contributed by atoms with E-state index in [0.717, 1.165) is 30.6 Å². The van der Waals surface area contributed by atoms with Crippen LogP contribution >= 0.6 is 35.6 Å². The molecule has 4 nitrogen and oxygen atoms in total. The minimum absolute atomic E-state index is 0. The largest absolute Gasteiger partial charge is 0.355 e. The van der Waals surface area contributed by atoms with Crippen LogP contribution in [0.2, 0.25) is 5.02 Å². The SMILES string of the molecule is CN=C(NCCN1CCCCC1)NCc1ccc(Cl)cc1.I. The number of piperidine rings is 1. The van der Waals surface area contributed by atoms with E-state index in [1.807, 2.05) is 24.3 Å². The van der Waals surface area contributed by atoms with Gasteiger partial charge in [0, 0.05) is 31.7 Å². The van der Waals surface area contributed by atoms with E-state index in [9.17, 15) is 0 Å². The van der Waals surface area contributed by atoms with Gasteiger partial charge in [-0.15, -0.1) is 24.0 Å². The first-order valence-electron chi connectivity index (χ1n) is 7.69. The lowest BCUT2D eigenvalue weighted by atomic mass is 10.1. The van der Waals surface area contributed by atoms with Crippen molar-refractivity contribution in [2.45, 2.75) is 25.8 Å². The second-order valence-corrected chi connectivity index (χ2v) is 5.82. The molecule has 0 amide bonds. The molecular weight excluding hydrogens is 411 g/mol. The van der Waals surface area contributed by atoms with Gasteiger partial charge in [-0.25, -0.2) is 0 Å². The molecule has 1 aromatic rings. The number of rotatable bonds is 5. The van der Waals surface area contributed by atoms with Crippen LogP contribution in [0.5, 0.6) is 0 Å². The van der Waals surface area contributed by atoms with Crippen LogP contribution in [-0.4, -0.2) is 44.1 Å². The van der Waals surface area contributed by atoms with Crippen molar-refractivity contribution in [1.82, 2.24) is 15.5 Å². The molecule has 0 saturated carbocycles. The van der Waals surface area contributed by atoms with E-state index in [2.05, 4.69) is 20.5 Å². The lowest BCUT2D eigenvalue weighted by Crippen LogP contribution is -2.42. The van der Waals surface area contributed by atoms with Crippen LogP contribution in [0.1, 0.15) is 24.8 Å². The third-order valence-electron chi connectivity index (χ3n) is 3.77. The Morgan fingerprint density at radius 1 is 1.14 bits per heavy atom. The van der Waals surface area contributed by atoms with Crippen LogP contribution in [0.25, 0.3) is 0 Å². The summed E-state index contributed by atoms with van der Waals surface area (Å²) in [5, 5.41) is 7.46. The smallest absolute Gasteiger partial charge is 0.191 e. The number of hydrogen-bond acceptors (Lipinski definition) is 2. The third-order valence-corrected chi connectivity index (χ3v) is 4.02. The minimum atomic E-state index is 0. The Morgan fingerprint density at radius 3 is 2.45 bits per heavy atom. The molecule has 1 aliphatic heterocycles. The summed E-state index contributed by atoms with van der Waals surface area (Å²) in [5.74, 6) is 0.849. The molecule has 0 aromatic heterocycles. The van der Waals surface area contributed by atoms with Gasteiger partial charge < -0.3 is 15.5 Å². The topological polar surface area (TPSA) is 39.7 Å². The molecule has 1 aliphatic rings. The normalized spacial score (nSPS) is 16.0. The summed E-state index contributed by atoms with van der Waals surface area (Å²) in [5.41, 5.74) is 1.19. The van der Waals surface area contributed by atoms with E-state index in [1.54, 1.807) is 7.05 Å². The van der Waals surface area contributed by atoms with Crippen molar-refractivity contribution >= 4 is 41.5 Å². The zero-order valence-corrected chi connectivity index (χ0v) is 16.2. The monoisotopic (exact) mass is 436 g/mol. The van der Waals surface area contributed by atoms with Gasteiger partial charge in [-0.3, -0.25) is 4.99 Å². The number of nitrogens with zero attached hydrogens (tertiary/aromatic N) is 2. The second kappa shape index (κ2) is 11.1. The highest BCUT2D eigenvalue weighted by Crippen LogP contribution is 2.09. The molecule has 1 saturated heterocycles. The molecule has 1 fully saturated rings. The van der Waals surface area contributed by atoms with E-state index in [0.29, 0.717) is 0 Å². The zero-order valence-electron chi connectivity index (χ0n) is 13.1. The molecule has 6 heteroatoms. The molecule has 0 atom stereocenters. The maximum atomic E-state index is 5.88. The Morgan fingerprint density at radius 2 is 1.82 bits per heavy atom. The lowest BCUT2D eigenvalue weighted by molar-refractivity contribution is 0.232. The molecule has 0 bridgehead atoms. The van der Waals surface area contributed by atoms with Crippen molar-refractivity contribution < 1.29 is 0 Å². The Bertz CT molecular complexity index is 444. The van der Waals surface area contributed by atoms with E-state index in [1.165, 1.54) is 37.9 Å².